The van der Waals surface area contributed by atoms with Crippen molar-refractivity contribution in [3.8, 4) is 0 Å². The molecular weight excluding hydrogens is 396 g/mol. The van der Waals surface area contributed by atoms with Crippen molar-refractivity contribution in [1.82, 2.24) is 4.90 Å². The van der Waals surface area contributed by atoms with Gasteiger partial charge < -0.3 is 30.0 Å². The first-order valence-electron chi connectivity index (χ1n) is 11.4. The first-order valence-corrected chi connectivity index (χ1v) is 11.4. The second kappa shape index (κ2) is 10.3. The molecule has 7 nitrogen and oxygen atoms in total. The molecule has 0 spiro atoms. The topological polar surface area (TPSA) is 94.3 Å². The molecule has 1 aromatic rings. The van der Waals surface area contributed by atoms with Gasteiger partial charge in [0.1, 0.15) is 5.60 Å². The highest BCUT2D eigenvalue weighted by molar-refractivity contribution is 5.69. The van der Waals surface area contributed by atoms with E-state index in [0.717, 1.165) is 25.7 Å². The highest BCUT2D eigenvalue weighted by atomic mass is 16.6. The van der Waals surface area contributed by atoms with E-state index in [1.807, 2.05) is 39.0 Å². The van der Waals surface area contributed by atoms with Crippen LogP contribution >= 0.6 is 0 Å². The summed E-state index contributed by atoms with van der Waals surface area (Å²) in [5.41, 5.74) is 6.16. The summed E-state index contributed by atoms with van der Waals surface area (Å²) in [6, 6.07) is 9.81. The molecule has 0 radical (unpaired) electrons. The minimum Gasteiger partial charge on any atom is -0.444 e. The number of rotatable bonds is 7. The van der Waals surface area contributed by atoms with Gasteiger partial charge in [-0.1, -0.05) is 30.3 Å². The van der Waals surface area contributed by atoms with E-state index < -0.39 is 23.3 Å². The van der Waals surface area contributed by atoms with Crippen molar-refractivity contribution in [3.63, 3.8) is 0 Å². The van der Waals surface area contributed by atoms with Gasteiger partial charge in [0.25, 0.3) is 0 Å². The zero-order chi connectivity index (χ0) is 22.5. The molecule has 1 aliphatic carbocycles. The number of carbonyl (C=O) groups excluding carboxylic acids is 1. The van der Waals surface area contributed by atoms with Crippen LogP contribution in [0.4, 0.5) is 4.79 Å². The highest BCUT2D eigenvalue weighted by Gasteiger charge is 2.48. The molecular formula is C24H38N2O5. The molecule has 1 saturated carbocycles. The Morgan fingerprint density at radius 3 is 2.32 bits per heavy atom. The second-order valence-corrected chi connectivity index (χ2v) is 9.86. The molecule has 3 N–H and O–H groups in total. The Hall–Kier alpha value is -1.67. The van der Waals surface area contributed by atoms with E-state index in [1.54, 1.807) is 4.90 Å². The Morgan fingerprint density at radius 2 is 1.74 bits per heavy atom. The maximum atomic E-state index is 12.7. The van der Waals surface area contributed by atoms with Gasteiger partial charge in [-0.15, -0.1) is 0 Å². The Morgan fingerprint density at radius 1 is 1.13 bits per heavy atom. The SMILES string of the molecule is CC(C)(C)OC(=O)N1CC[C@@](N)(CO)[C@@H]1COC1CCC(OCc2ccccc2)CC1. The molecule has 7 heteroatoms. The summed E-state index contributed by atoms with van der Waals surface area (Å²) in [6.45, 7) is 6.72. The van der Waals surface area contributed by atoms with Crippen molar-refractivity contribution in [1.29, 1.82) is 0 Å². The zero-order valence-electron chi connectivity index (χ0n) is 19.1. The van der Waals surface area contributed by atoms with E-state index >= 15 is 0 Å². The lowest BCUT2D eigenvalue weighted by Gasteiger charge is -2.36. The van der Waals surface area contributed by atoms with E-state index in [9.17, 15) is 9.90 Å². The largest absolute Gasteiger partial charge is 0.444 e. The Bertz CT molecular complexity index is 700. The normalized spacial score (nSPS) is 29.2. The number of amides is 1. The third-order valence-electron chi connectivity index (χ3n) is 6.22. The van der Waals surface area contributed by atoms with Crippen LogP contribution in [0.15, 0.2) is 30.3 Å². The smallest absolute Gasteiger partial charge is 0.410 e. The molecule has 31 heavy (non-hydrogen) atoms. The number of nitrogens with zero attached hydrogens (tertiary/aromatic N) is 1. The standard InChI is InChI=1S/C24H38N2O5/c1-23(2,3)31-22(28)26-14-13-24(25,17-27)21(26)16-30-20-11-9-19(10-12-20)29-15-18-7-5-4-6-8-18/h4-8,19-21,27H,9-17,25H2,1-3H3/t19?,20?,21-,24+/m0/s1. The number of hydrogen-bond acceptors (Lipinski definition) is 6. The van der Waals surface area contributed by atoms with Crippen LogP contribution < -0.4 is 5.73 Å². The van der Waals surface area contributed by atoms with Gasteiger partial charge in [-0.25, -0.2) is 4.79 Å². The molecule has 2 aliphatic rings. The van der Waals surface area contributed by atoms with Crippen molar-refractivity contribution in [3.05, 3.63) is 35.9 Å². The minimum atomic E-state index is -0.868. The van der Waals surface area contributed by atoms with E-state index in [4.69, 9.17) is 19.9 Å². The molecule has 0 aromatic heterocycles. The fourth-order valence-corrected chi connectivity index (χ4v) is 4.32. The van der Waals surface area contributed by atoms with Crippen LogP contribution in [0.5, 0.6) is 0 Å². The first-order chi connectivity index (χ1) is 14.7. The second-order valence-electron chi connectivity index (χ2n) is 9.86. The summed E-state index contributed by atoms with van der Waals surface area (Å²) < 4.78 is 17.8. The Labute approximate surface area is 185 Å². The maximum absolute atomic E-state index is 12.7. The first kappa shape index (κ1) is 24.0. The van der Waals surface area contributed by atoms with Gasteiger partial charge in [0.15, 0.2) is 0 Å². The van der Waals surface area contributed by atoms with Gasteiger partial charge in [-0.05, 0) is 58.4 Å². The van der Waals surface area contributed by atoms with Gasteiger partial charge >= 0.3 is 6.09 Å². The molecule has 1 aliphatic heterocycles. The van der Waals surface area contributed by atoms with E-state index in [1.165, 1.54) is 5.56 Å². The van der Waals surface area contributed by atoms with Crippen molar-refractivity contribution in [2.75, 3.05) is 19.8 Å². The number of ether oxygens (including phenoxy) is 3. The number of hydrogen-bond donors (Lipinski definition) is 2. The lowest BCUT2D eigenvalue weighted by molar-refractivity contribution is -0.0559. The fourth-order valence-electron chi connectivity index (χ4n) is 4.32. The van der Waals surface area contributed by atoms with Crippen LogP contribution in [0.1, 0.15) is 58.4 Å². The summed E-state index contributed by atoms with van der Waals surface area (Å²) in [6.07, 6.45) is 4.20. The monoisotopic (exact) mass is 434 g/mol. The summed E-state index contributed by atoms with van der Waals surface area (Å²) >= 11 is 0. The van der Waals surface area contributed by atoms with Crippen LogP contribution in [0.2, 0.25) is 0 Å². The molecule has 1 aromatic carbocycles. The summed E-state index contributed by atoms with van der Waals surface area (Å²) in [5.74, 6) is 0. The quantitative estimate of drug-likeness (QED) is 0.684. The van der Waals surface area contributed by atoms with E-state index in [0.29, 0.717) is 26.2 Å². The minimum absolute atomic E-state index is 0.112. The average Bonchev–Trinajstić information content (AvgIpc) is 3.08. The van der Waals surface area contributed by atoms with Crippen LogP contribution in [-0.2, 0) is 20.8 Å². The van der Waals surface area contributed by atoms with Crippen molar-refractivity contribution in [2.24, 2.45) is 5.73 Å². The van der Waals surface area contributed by atoms with Crippen LogP contribution in [0.25, 0.3) is 0 Å². The Kier molecular flexibility index (Phi) is 7.97. The fraction of sp³-hybridized carbons (Fsp3) is 0.708. The predicted molar refractivity (Wildman–Crippen MR) is 119 cm³/mol. The molecule has 2 atom stereocenters. The lowest BCUT2D eigenvalue weighted by Crippen LogP contribution is -2.58. The molecule has 174 valence electrons. The maximum Gasteiger partial charge on any atom is 0.410 e. The van der Waals surface area contributed by atoms with Crippen molar-refractivity contribution in [2.45, 2.75) is 88.9 Å². The molecule has 2 fully saturated rings. The zero-order valence-corrected chi connectivity index (χ0v) is 19.1. The van der Waals surface area contributed by atoms with Crippen molar-refractivity contribution < 1.29 is 24.1 Å². The van der Waals surface area contributed by atoms with Gasteiger partial charge in [-0.2, -0.15) is 0 Å². The number of benzene rings is 1. The van der Waals surface area contributed by atoms with Crippen LogP contribution in [0, 0.1) is 0 Å². The average molecular weight is 435 g/mol. The van der Waals surface area contributed by atoms with Crippen molar-refractivity contribution >= 4 is 6.09 Å². The molecule has 0 bridgehead atoms. The molecule has 0 unspecified atom stereocenters. The lowest BCUT2D eigenvalue weighted by atomic mass is 9.92. The van der Waals surface area contributed by atoms with Gasteiger partial charge in [0, 0.05) is 6.54 Å². The number of likely N-dealkylation sites (tertiary alicyclic amines) is 1. The van der Waals surface area contributed by atoms with Crippen LogP contribution in [-0.4, -0.2) is 65.2 Å². The van der Waals surface area contributed by atoms with Crippen LogP contribution in [0.3, 0.4) is 0 Å². The van der Waals surface area contributed by atoms with Gasteiger partial charge in [0.05, 0.1) is 43.6 Å². The third kappa shape index (κ3) is 6.65. The highest BCUT2D eigenvalue weighted by Crippen LogP contribution is 2.30. The summed E-state index contributed by atoms with van der Waals surface area (Å²) in [5, 5.41) is 9.88. The molecule has 1 amide bonds. The molecule has 1 saturated heterocycles. The number of carbonyl (C=O) groups is 1. The number of aliphatic hydroxyl groups is 1. The van der Waals surface area contributed by atoms with Gasteiger partial charge in [-0.3, -0.25) is 0 Å². The number of aliphatic hydroxyl groups excluding tert-OH is 1. The summed E-state index contributed by atoms with van der Waals surface area (Å²) in [7, 11) is 0. The molecule has 1 heterocycles. The third-order valence-corrected chi connectivity index (χ3v) is 6.22. The van der Waals surface area contributed by atoms with Gasteiger partial charge in [0.2, 0.25) is 0 Å². The van der Waals surface area contributed by atoms with E-state index in [2.05, 4.69) is 12.1 Å². The Balaban J connectivity index is 1.47. The molecule has 3 rings (SSSR count). The van der Waals surface area contributed by atoms with E-state index in [-0.39, 0.29) is 18.8 Å². The number of nitrogens with two attached hydrogens (primary N) is 1. The predicted octanol–water partition coefficient (Wildman–Crippen LogP) is 3.23. The summed E-state index contributed by atoms with van der Waals surface area (Å²) in [4.78, 5) is 14.3.